The van der Waals surface area contributed by atoms with Crippen molar-refractivity contribution < 1.29 is 4.39 Å². The molecule has 0 spiro atoms. The number of nitrogens with one attached hydrogen (secondary N) is 1. The van der Waals surface area contributed by atoms with Crippen LogP contribution in [0.3, 0.4) is 0 Å². The average molecular weight is 378 g/mol. The van der Waals surface area contributed by atoms with Crippen LogP contribution in [0.1, 0.15) is 29.6 Å². The molecule has 5 rings (SSSR count). The minimum absolute atomic E-state index is 0.0647. The molecule has 1 aliphatic heterocycles. The van der Waals surface area contributed by atoms with Gasteiger partial charge in [-0.25, -0.2) is 9.37 Å². The van der Waals surface area contributed by atoms with Crippen LogP contribution in [0.4, 0.5) is 10.3 Å². The van der Waals surface area contributed by atoms with Gasteiger partial charge in [0.05, 0.1) is 23.1 Å². The van der Waals surface area contributed by atoms with Crippen LogP contribution in [0.25, 0.3) is 11.0 Å². The Balaban J connectivity index is 1.65. The molecule has 2 heterocycles. The quantitative estimate of drug-likeness (QED) is 0.466. The third kappa shape index (κ3) is 2.86. The van der Waals surface area contributed by atoms with E-state index in [4.69, 9.17) is 16.6 Å². The van der Waals surface area contributed by atoms with Crippen LogP contribution in [-0.4, -0.2) is 9.55 Å². The number of halogens is 2. The Morgan fingerprint density at radius 1 is 0.926 bits per heavy atom. The molecule has 0 bridgehead atoms. The second-order valence-electron chi connectivity index (χ2n) is 6.85. The summed E-state index contributed by atoms with van der Waals surface area (Å²) in [6, 6.07) is 22.9. The number of hydrogen-bond donors (Lipinski definition) is 1. The Morgan fingerprint density at radius 3 is 2.41 bits per heavy atom. The molecular weight excluding hydrogens is 361 g/mol. The van der Waals surface area contributed by atoms with E-state index in [-0.39, 0.29) is 17.9 Å². The van der Waals surface area contributed by atoms with Crippen molar-refractivity contribution in [2.75, 3.05) is 5.32 Å². The van der Waals surface area contributed by atoms with Gasteiger partial charge in [0.1, 0.15) is 5.82 Å². The van der Waals surface area contributed by atoms with Gasteiger partial charge in [0.15, 0.2) is 0 Å². The van der Waals surface area contributed by atoms with Gasteiger partial charge in [0, 0.05) is 5.02 Å². The first-order chi connectivity index (χ1) is 13.2. The molecule has 0 amide bonds. The fourth-order valence-corrected chi connectivity index (χ4v) is 4.02. The number of benzene rings is 3. The SMILES string of the molecule is Fc1ccc([C@H]2C[C@@H](c3ccc(Cl)cc3)Nc3nc4ccccc4n32)cc1. The number of imidazole rings is 1. The number of hydrogen-bond acceptors (Lipinski definition) is 2. The summed E-state index contributed by atoms with van der Waals surface area (Å²) in [7, 11) is 0. The van der Waals surface area contributed by atoms with Crippen molar-refractivity contribution in [1.82, 2.24) is 9.55 Å². The molecule has 1 aromatic heterocycles. The Labute approximate surface area is 161 Å². The second kappa shape index (κ2) is 6.39. The Bertz CT molecular complexity index is 1100. The van der Waals surface area contributed by atoms with E-state index in [1.165, 1.54) is 12.1 Å². The van der Waals surface area contributed by atoms with Crippen molar-refractivity contribution in [2.45, 2.75) is 18.5 Å². The maximum absolute atomic E-state index is 13.5. The first kappa shape index (κ1) is 16.3. The monoisotopic (exact) mass is 377 g/mol. The Hall–Kier alpha value is -2.85. The molecule has 0 saturated heterocycles. The van der Waals surface area contributed by atoms with E-state index in [1.54, 1.807) is 0 Å². The van der Waals surface area contributed by atoms with Crippen LogP contribution >= 0.6 is 11.6 Å². The number of rotatable bonds is 2. The minimum Gasteiger partial charge on any atom is -0.349 e. The van der Waals surface area contributed by atoms with E-state index >= 15 is 0 Å². The molecule has 0 fully saturated rings. The molecule has 0 aliphatic carbocycles. The van der Waals surface area contributed by atoms with E-state index in [0.717, 1.165) is 39.6 Å². The summed E-state index contributed by atoms with van der Waals surface area (Å²) in [5.41, 5.74) is 4.25. The van der Waals surface area contributed by atoms with Gasteiger partial charge in [0.25, 0.3) is 0 Å². The molecule has 1 aliphatic rings. The largest absolute Gasteiger partial charge is 0.349 e. The van der Waals surface area contributed by atoms with Crippen LogP contribution in [0, 0.1) is 5.82 Å². The molecule has 2 atom stereocenters. The van der Waals surface area contributed by atoms with Gasteiger partial charge in [0.2, 0.25) is 5.95 Å². The zero-order chi connectivity index (χ0) is 18.4. The average Bonchev–Trinajstić information content (AvgIpc) is 3.07. The summed E-state index contributed by atoms with van der Waals surface area (Å²) in [6.45, 7) is 0. The number of anilines is 1. The first-order valence-electron chi connectivity index (χ1n) is 8.93. The van der Waals surface area contributed by atoms with Crippen molar-refractivity contribution in [3.8, 4) is 0 Å². The van der Waals surface area contributed by atoms with Gasteiger partial charge in [-0.15, -0.1) is 0 Å². The molecule has 0 radical (unpaired) electrons. The lowest BCUT2D eigenvalue weighted by Gasteiger charge is -2.33. The number of fused-ring (bicyclic) bond motifs is 3. The molecule has 0 unspecified atom stereocenters. The molecule has 1 N–H and O–H groups in total. The van der Waals surface area contributed by atoms with E-state index < -0.39 is 0 Å². The topological polar surface area (TPSA) is 29.9 Å². The van der Waals surface area contributed by atoms with Crippen molar-refractivity contribution in [2.24, 2.45) is 0 Å². The van der Waals surface area contributed by atoms with E-state index in [1.807, 2.05) is 54.6 Å². The normalized spacial score (nSPS) is 18.9. The highest BCUT2D eigenvalue weighted by Gasteiger charge is 2.30. The van der Waals surface area contributed by atoms with Crippen LogP contribution < -0.4 is 5.32 Å². The van der Waals surface area contributed by atoms with E-state index in [2.05, 4.69) is 16.0 Å². The lowest BCUT2D eigenvalue weighted by atomic mass is 9.93. The minimum atomic E-state index is -0.224. The maximum atomic E-state index is 13.5. The molecule has 0 saturated carbocycles. The second-order valence-corrected chi connectivity index (χ2v) is 7.28. The van der Waals surface area contributed by atoms with E-state index in [9.17, 15) is 4.39 Å². The van der Waals surface area contributed by atoms with Gasteiger partial charge in [-0.3, -0.25) is 0 Å². The summed E-state index contributed by atoms with van der Waals surface area (Å²) in [5, 5.41) is 4.29. The summed E-state index contributed by atoms with van der Waals surface area (Å²) < 4.78 is 15.7. The van der Waals surface area contributed by atoms with Crippen LogP contribution in [-0.2, 0) is 0 Å². The summed E-state index contributed by atoms with van der Waals surface area (Å²) in [4.78, 5) is 4.79. The van der Waals surface area contributed by atoms with Gasteiger partial charge < -0.3 is 9.88 Å². The zero-order valence-corrected chi connectivity index (χ0v) is 15.2. The molecule has 3 aromatic carbocycles. The summed E-state index contributed by atoms with van der Waals surface area (Å²) in [6.07, 6.45) is 0.834. The number of nitrogens with zero attached hydrogens (tertiary/aromatic N) is 2. The van der Waals surface area contributed by atoms with Crippen molar-refractivity contribution >= 4 is 28.6 Å². The highest BCUT2D eigenvalue weighted by molar-refractivity contribution is 6.30. The third-order valence-corrected chi connectivity index (χ3v) is 5.45. The van der Waals surface area contributed by atoms with E-state index in [0.29, 0.717) is 0 Å². The zero-order valence-electron chi connectivity index (χ0n) is 14.4. The van der Waals surface area contributed by atoms with Crippen molar-refractivity contribution in [1.29, 1.82) is 0 Å². The predicted octanol–water partition coefficient (Wildman–Crippen LogP) is 5.98. The standard InChI is InChI=1S/C22H17ClFN3/c23-16-9-5-14(6-10-16)19-13-21(15-7-11-17(24)12-8-15)27-20-4-2-1-3-18(20)25-22(27)26-19/h1-12,19,21H,13H2,(H,25,26)/t19-,21+/m0/s1. The maximum Gasteiger partial charge on any atom is 0.204 e. The molecule has 4 aromatic rings. The Morgan fingerprint density at radius 2 is 1.63 bits per heavy atom. The highest BCUT2D eigenvalue weighted by Crippen LogP contribution is 2.41. The number of para-hydroxylation sites is 2. The molecule has 27 heavy (non-hydrogen) atoms. The first-order valence-corrected chi connectivity index (χ1v) is 9.31. The Kier molecular flexibility index (Phi) is 3.87. The number of aromatic nitrogens is 2. The summed E-state index contributed by atoms with van der Waals surface area (Å²) >= 11 is 6.05. The molecule has 3 nitrogen and oxygen atoms in total. The predicted molar refractivity (Wildman–Crippen MR) is 107 cm³/mol. The van der Waals surface area contributed by atoms with Crippen LogP contribution in [0.15, 0.2) is 72.8 Å². The lowest BCUT2D eigenvalue weighted by molar-refractivity contribution is 0.476. The molecular formula is C22H17ClFN3. The fraction of sp³-hybridized carbons (Fsp3) is 0.136. The summed E-state index contributed by atoms with van der Waals surface area (Å²) in [5.74, 6) is 0.606. The fourth-order valence-electron chi connectivity index (χ4n) is 3.89. The van der Waals surface area contributed by atoms with Crippen LogP contribution in [0.2, 0.25) is 5.02 Å². The van der Waals surface area contributed by atoms with Crippen molar-refractivity contribution in [3.63, 3.8) is 0 Å². The van der Waals surface area contributed by atoms with Crippen molar-refractivity contribution in [3.05, 3.63) is 94.8 Å². The third-order valence-electron chi connectivity index (χ3n) is 5.20. The van der Waals surface area contributed by atoms with Gasteiger partial charge in [-0.1, -0.05) is 48.0 Å². The van der Waals surface area contributed by atoms with Crippen LogP contribution in [0.5, 0.6) is 0 Å². The molecule has 134 valence electrons. The smallest absolute Gasteiger partial charge is 0.204 e. The lowest BCUT2D eigenvalue weighted by Crippen LogP contribution is -2.27. The van der Waals surface area contributed by atoms with Gasteiger partial charge in [-0.2, -0.15) is 0 Å². The van der Waals surface area contributed by atoms with Gasteiger partial charge >= 0.3 is 0 Å². The molecule has 5 heteroatoms. The van der Waals surface area contributed by atoms with Gasteiger partial charge in [-0.05, 0) is 53.9 Å². The highest BCUT2D eigenvalue weighted by atomic mass is 35.5.